The fourth-order valence-corrected chi connectivity index (χ4v) is 12.7. The van der Waals surface area contributed by atoms with Gasteiger partial charge in [0.25, 0.3) is 0 Å². The molecule has 0 saturated heterocycles. The van der Waals surface area contributed by atoms with Crippen LogP contribution >= 0.6 is 0 Å². The van der Waals surface area contributed by atoms with E-state index >= 15 is 4.39 Å². The summed E-state index contributed by atoms with van der Waals surface area (Å²) in [7, 11) is -2.44. The summed E-state index contributed by atoms with van der Waals surface area (Å²) in [5, 5.41) is 12.8. The minimum Gasteiger partial charge on any atom is -0.118 e. The smallest absolute Gasteiger partial charge is 0.118 e. The molecule has 4 aromatic carbocycles. The number of fused-ring (bicyclic) bond motifs is 4. The second-order valence-electron chi connectivity index (χ2n) is 15.2. The molecule has 5 aromatic rings. The average molecular weight is 896 g/mol. The van der Waals surface area contributed by atoms with Crippen molar-refractivity contribution >= 4 is 52.7 Å². The minimum absolute atomic E-state index is 0. The Balaban J connectivity index is 0.000000589. The second kappa shape index (κ2) is 14.0. The van der Waals surface area contributed by atoms with Gasteiger partial charge in [0.05, 0.1) is 5.76 Å². The number of nitrogens with zero attached hydrogens (tertiary/aromatic N) is 1. The molecule has 1 N–H and O–H groups in total. The number of rotatable bonds is 4. The van der Waals surface area contributed by atoms with Crippen LogP contribution in [0.4, 0.5) is 4.39 Å². The predicted octanol–water partition coefficient (Wildman–Crippen LogP) is 9.19. The SMILES string of the molecule is CC(=O)/C=C(/C)O.CC(C)(C)c1cc(-c2nccc3c2[Si](C)(C)c2c-3ccc(-c3cc[c]([Ge]([CH3])([CH3])[CH3])cc3)c2F)[c-]c2ccccc12.[Ir]. The first-order valence-corrected chi connectivity index (χ1v) is 26.5. The summed E-state index contributed by atoms with van der Waals surface area (Å²) < 4.78 is 18.1. The molecule has 1 aliphatic rings. The molecule has 7 heteroatoms. The summed E-state index contributed by atoms with van der Waals surface area (Å²) >= 11 is -1.94. The molecule has 251 valence electrons. The Morgan fingerprint density at radius 2 is 1.50 bits per heavy atom. The van der Waals surface area contributed by atoms with Gasteiger partial charge in [-0.3, -0.25) is 4.79 Å². The zero-order valence-electron chi connectivity index (χ0n) is 29.6. The third-order valence-electron chi connectivity index (χ3n) is 8.95. The van der Waals surface area contributed by atoms with Crippen molar-refractivity contribution in [3.63, 3.8) is 0 Å². The fourth-order valence-electron chi connectivity index (χ4n) is 6.70. The van der Waals surface area contributed by atoms with Crippen molar-refractivity contribution in [2.45, 2.75) is 70.4 Å². The fraction of sp³-hybridized carbons (Fsp3) is 0.268. The zero-order chi connectivity index (χ0) is 34.5. The van der Waals surface area contributed by atoms with E-state index in [1.165, 1.54) is 40.5 Å². The van der Waals surface area contributed by atoms with Crippen molar-refractivity contribution in [2.75, 3.05) is 0 Å². The molecule has 1 aliphatic heterocycles. The standard InChI is InChI=1S/C36H37FGeNSi.C5H8O2.Ir/c1-36(2,3)31-22-25(21-24-11-9-10-12-27(24)31)33-35-30(19-20-39-33)29-18-17-28(32(37)34(29)40(35,7)8)23-13-15-26(16-14-23)38(4,5)6;1-4(6)3-5(2)7;/h9-20,22H,1-8H3;3,6H,1-2H3;/q-1;;/b;4-3-;. The van der Waals surface area contributed by atoms with Gasteiger partial charge in [0.1, 0.15) is 0 Å². The van der Waals surface area contributed by atoms with Crippen molar-refractivity contribution in [3.8, 4) is 33.5 Å². The molecule has 0 fully saturated rings. The number of aliphatic hydroxyl groups excluding tert-OH is 1. The van der Waals surface area contributed by atoms with E-state index < -0.39 is 21.3 Å². The van der Waals surface area contributed by atoms with Crippen molar-refractivity contribution < 1.29 is 34.4 Å². The first-order chi connectivity index (χ1) is 21.9. The molecule has 1 aromatic heterocycles. The molecule has 0 aliphatic carbocycles. The van der Waals surface area contributed by atoms with E-state index in [9.17, 15) is 4.79 Å². The molecule has 1 radical (unpaired) electrons. The average Bonchev–Trinajstić information content (AvgIpc) is 3.22. The Morgan fingerprint density at radius 3 is 2.06 bits per heavy atom. The number of carbonyl (C=O) groups excluding carboxylic acids is 1. The number of halogens is 1. The number of hydrogen-bond donors (Lipinski definition) is 1. The number of allylic oxidation sites excluding steroid dienone is 2. The molecule has 0 saturated carbocycles. The molecule has 0 bridgehead atoms. The van der Waals surface area contributed by atoms with Gasteiger partial charge < -0.3 is 5.11 Å². The van der Waals surface area contributed by atoms with Crippen LogP contribution in [0.2, 0.25) is 30.4 Å². The van der Waals surface area contributed by atoms with Gasteiger partial charge in [-0.05, 0) is 19.3 Å². The maximum atomic E-state index is 16.6. The third kappa shape index (κ3) is 7.37. The van der Waals surface area contributed by atoms with Crippen LogP contribution in [0.1, 0.15) is 40.2 Å². The van der Waals surface area contributed by atoms with E-state index in [2.05, 4.69) is 124 Å². The van der Waals surface area contributed by atoms with Crippen molar-refractivity contribution in [1.29, 1.82) is 0 Å². The number of aliphatic hydroxyl groups is 1. The van der Waals surface area contributed by atoms with E-state index in [1.54, 1.807) is 0 Å². The molecule has 3 nitrogen and oxygen atoms in total. The topological polar surface area (TPSA) is 50.2 Å². The Hall–Kier alpha value is -3.16. The summed E-state index contributed by atoms with van der Waals surface area (Å²) in [4.78, 5) is 15.0. The maximum absolute atomic E-state index is 16.6. The summed E-state index contributed by atoms with van der Waals surface area (Å²) in [5.41, 5.74) is 6.98. The summed E-state index contributed by atoms with van der Waals surface area (Å²) in [6, 6.07) is 29.3. The van der Waals surface area contributed by atoms with E-state index in [0.717, 1.165) is 38.5 Å². The minimum atomic E-state index is -2.44. The molecule has 0 unspecified atom stereocenters. The molecule has 6 rings (SSSR count). The van der Waals surface area contributed by atoms with Gasteiger partial charge >= 0.3 is 176 Å². The number of carbonyl (C=O) groups is 1. The normalized spacial score (nSPS) is 13.6. The molecule has 2 heterocycles. The van der Waals surface area contributed by atoms with Gasteiger partial charge in [0.2, 0.25) is 0 Å². The van der Waals surface area contributed by atoms with Gasteiger partial charge in [0, 0.05) is 26.2 Å². The number of benzene rings is 4. The molecular weight excluding hydrogens is 850 g/mol. The summed E-state index contributed by atoms with van der Waals surface area (Å²) in [5.74, 6) is 7.03. The van der Waals surface area contributed by atoms with Crippen LogP contribution in [0, 0.1) is 11.9 Å². The van der Waals surface area contributed by atoms with Crippen LogP contribution in [-0.2, 0) is 30.3 Å². The van der Waals surface area contributed by atoms with Gasteiger partial charge in [-0.15, -0.1) is 17.0 Å². The van der Waals surface area contributed by atoms with E-state index in [-0.39, 0.29) is 42.9 Å². The van der Waals surface area contributed by atoms with Crippen molar-refractivity contribution in [2.24, 2.45) is 0 Å². The van der Waals surface area contributed by atoms with Crippen LogP contribution in [-0.4, -0.2) is 37.2 Å². The van der Waals surface area contributed by atoms with E-state index in [4.69, 9.17) is 10.1 Å². The van der Waals surface area contributed by atoms with Crippen LogP contribution in [0.3, 0.4) is 0 Å². The molecular formula is C41H45FGeIrNO2Si-. The number of aromatic nitrogens is 1. The molecule has 0 atom stereocenters. The first kappa shape index (κ1) is 37.7. The number of hydrogen-bond acceptors (Lipinski definition) is 3. The Labute approximate surface area is 302 Å². The van der Waals surface area contributed by atoms with Gasteiger partial charge in [-0.2, -0.15) is 0 Å². The van der Waals surface area contributed by atoms with Crippen LogP contribution < -0.4 is 14.8 Å². The van der Waals surface area contributed by atoms with Crippen LogP contribution in [0.5, 0.6) is 0 Å². The quantitative estimate of drug-likeness (QED) is 0.0848. The van der Waals surface area contributed by atoms with Crippen molar-refractivity contribution in [3.05, 3.63) is 108 Å². The molecule has 0 amide bonds. The van der Waals surface area contributed by atoms with Crippen molar-refractivity contribution in [1.82, 2.24) is 4.98 Å². The Morgan fingerprint density at radius 1 is 0.896 bits per heavy atom. The Kier molecular flexibility index (Phi) is 11.0. The Bertz CT molecular complexity index is 2040. The van der Waals surface area contributed by atoms with Crippen LogP contribution in [0.15, 0.2) is 90.8 Å². The summed E-state index contributed by atoms with van der Waals surface area (Å²) in [6.45, 7) is 14.2. The number of ketones is 1. The third-order valence-corrected chi connectivity index (χ3v) is 16.8. The van der Waals surface area contributed by atoms with E-state index in [0.29, 0.717) is 5.56 Å². The van der Waals surface area contributed by atoms with Crippen LogP contribution in [0.25, 0.3) is 44.3 Å². The second-order valence-corrected chi connectivity index (χ2v) is 30.1. The number of pyridine rings is 1. The summed E-state index contributed by atoms with van der Waals surface area (Å²) in [6.07, 6.45) is 3.05. The van der Waals surface area contributed by atoms with E-state index in [1.807, 2.05) is 12.3 Å². The zero-order valence-corrected chi connectivity index (χ0v) is 35.1. The predicted molar refractivity (Wildman–Crippen MR) is 202 cm³/mol. The molecule has 48 heavy (non-hydrogen) atoms. The van der Waals surface area contributed by atoms with Gasteiger partial charge in [-0.25, -0.2) is 0 Å². The first-order valence-electron chi connectivity index (χ1n) is 16.2. The van der Waals surface area contributed by atoms with Gasteiger partial charge in [0.15, 0.2) is 5.78 Å². The monoisotopic (exact) mass is 897 g/mol. The molecule has 0 spiro atoms. The van der Waals surface area contributed by atoms with Gasteiger partial charge in [-0.1, -0.05) is 44.4 Å².